The van der Waals surface area contributed by atoms with Crippen LogP contribution in [0.25, 0.3) is 0 Å². The molecule has 0 saturated carbocycles. The highest BCUT2D eigenvalue weighted by atomic mass is 19.1. The van der Waals surface area contributed by atoms with E-state index in [9.17, 15) is 4.39 Å². The zero-order valence-corrected chi connectivity index (χ0v) is 10.5. The molecule has 0 saturated heterocycles. The van der Waals surface area contributed by atoms with Crippen LogP contribution in [-0.2, 0) is 0 Å². The Morgan fingerprint density at radius 1 is 1.47 bits per heavy atom. The zero-order chi connectivity index (χ0) is 12.7. The minimum Gasteiger partial charge on any atom is -0.492 e. The first-order valence-electron chi connectivity index (χ1n) is 5.68. The molecule has 1 rings (SSSR count). The van der Waals surface area contributed by atoms with Crippen molar-refractivity contribution in [1.29, 1.82) is 0 Å². The third-order valence-electron chi connectivity index (χ3n) is 2.54. The molecule has 1 aromatic carbocycles. The Morgan fingerprint density at radius 2 is 2.24 bits per heavy atom. The first-order valence-corrected chi connectivity index (χ1v) is 5.68. The molecule has 2 nitrogen and oxygen atoms in total. The maximum Gasteiger partial charge on any atom is 0.131 e. The van der Waals surface area contributed by atoms with Crippen LogP contribution in [0.5, 0.6) is 5.75 Å². The molecule has 0 fully saturated rings. The van der Waals surface area contributed by atoms with Crippen LogP contribution in [0, 0.1) is 17.7 Å². The van der Waals surface area contributed by atoms with Crippen molar-refractivity contribution in [1.82, 2.24) is 5.32 Å². The normalized spacial score (nSPS) is 11.5. The van der Waals surface area contributed by atoms with Gasteiger partial charge >= 0.3 is 0 Å². The third kappa shape index (κ3) is 4.08. The average molecular weight is 235 g/mol. The molecule has 1 N–H and O–H groups in total. The molecule has 0 aliphatic carbocycles. The van der Waals surface area contributed by atoms with Gasteiger partial charge in [-0.2, -0.15) is 0 Å². The van der Waals surface area contributed by atoms with Gasteiger partial charge in [0.05, 0.1) is 6.61 Å². The first kappa shape index (κ1) is 13.5. The number of benzene rings is 1. The summed E-state index contributed by atoms with van der Waals surface area (Å²) in [5, 5.41) is 3.00. The molecule has 1 atom stereocenters. The molecule has 0 heterocycles. The molecule has 0 aliphatic rings. The largest absolute Gasteiger partial charge is 0.492 e. The predicted molar refractivity (Wildman–Crippen MR) is 67.4 cm³/mol. The Morgan fingerprint density at radius 3 is 2.82 bits per heavy atom. The molecule has 1 unspecified atom stereocenters. The summed E-state index contributed by atoms with van der Waals surface area (Å²) in [6.45, 7) is 4.19. The standard InChI is InChI=1S/C14H18FNO/c1-4-5-6-9-17-12-7-8-13(11(2)16-3)14(15)10-12/h7-8,10-11,16H,6,9H2,1-3H3. The Kier molecular flexibility index (Phi) is 5.51. The van der Waals surface area contributed by atoms with Gasteiger partial charge in [-0.15, -0.1) is 11.8 Å². The predicted octanol–water partition coefficient (Wildman–Crippen LogP) is 2.90. The zero-order valence-electron chi connectivity index (χ0n) is 10.5. The van der Waals surface area contributed by atoms with E-state index in [0.717, 1.165) is 0 Å². The fraction of sp³-hybridized carbons (Fsp3) is 0.429. The second-order valence-corrected chi connectivity index (χ2v) is 3.72. The molecule has 0 bridgehead atoms. The highest BCUT2D eigenvalue weighted by Gasteiger charge is 2.09. The number of nitrogens with one attached hydrogen (secondary N) is 1. The summed E-state index contributed by atoms with van der Waals surface area (Å²) >= 11 is 0. The minimum absolute atomic E-state index is 0.00462. The van der Waals surface area contributed by atoms with Crippen LogP contribution < -0.4 is 10.1 Å². The van der Waals surface area contributed by atoms with E-state index >= 15 is 0 Å². The summed E-state index contributed by atoms with van der Waals surface area (Å²) in [4.78, 5) is 0. The van der Waals surface area contributed by atoms with E-state index in [4.69, 9.17) is 4.74 Å². The SMILES string of the molecule is CC#CCCOc1ccc(C(C)NC)c(F)c1. The van der Waals surface area contributed by atoms with Gasteiger partial charge in [0.2, 0.25) is 0 Å². The fourth-order valence-electron chi connectivity index (χ4n) is 1.45. The summed E-state index contributed by atoms with van der Waals surface area (Å²) < 4.78 is 19.1. The highest BCUT2D eigenvalue weighted by molar-refractivity contribution is 5.30. The van der Waals surface area contributed by atoms with Crippen molar-refractivity contribution in [3.05, 3.63) is 29.6 Å². The maximum absolute atomic E-state index is 13.7. The quantitative estimate of drug-likeness (QED) is 0.626. The van der Waals surface area contributed by atoms with E-state index in [1.807, 2.05) is 6.92 Å². The molecule has 92 valence electrons. The summed E-state index contributed by atoms with van der Waals surface area (Å²) in [6, 6.07) is 4.95. The van der Waals surface area contributed by atoms with Gasteiger partial charge in [-0.05, 0) is 27.0 Å². The van der Waals surface area contributed by atoms with Crippen LogP contribution in [0.4, 0.5) is 4.39 Å². The van der Waals surface area contributed by atoms with Gasteiger partial charge in [0.25, 0.3) is 0 Å². The second kappa shape index (κ2) is 6.93. The third-order valence-corrected chi connectivity index (χ3v) is 2.54. The van der Waals surface area contributed by atoms with Crippen molar-refractivity contribution < 1.29 is 9.13 Å². The van der Waals surface area contributed by atoms with Crippen molar-refractivity contribution in [3.63, 3.8) is 0 Å². The van der Waals surface area contributed by atoms with Crippen LogP contribution in [0.1, 0.15) is 31.9 Å². The Balaban J connectivity index is 2.64. The van der Waals surface area contributed by atoms with Crippen molar-refractivity contribution >= 4 is 0 Å². The van der Waals surface area contributed by atoms with Gasteiger partial charge in [-0.25, -0.2) is 4.39 Å². The van der Waals surface area contributed by atoms with E-state index in [2.05, 4.69) is 17.2 Å². The monoisotopic (exact) mass is 235 g/mol. The van der Waals surface area contributed by atoms with E-state index in [1.54, 1.807) is 26.1 Å². The van der Waals surface area contributed by atoms with Crippen LogP contribution in [-0.4, -0.2) is 13.7 Å². The number of hydrogen-bond donors (Lipinski definition) is 1. The van der Waals surface area contributed by atoms with E-state index in [0.29, 0.717) is 24.3 Å². The number of ether oxygens (including phenoxy) is 1. The fourth-order valence-corrected chi connectivity index (χ4v) is 1.45. The van der Waals surface area contributed by atoms with Gasteiger partial charge < -0.3 is 10.1 Å². The molecular formula is C14H18FNO. The number of hydrogen-bond acceptors (Lipinski definition) is 2. The van der Waals surface area contributed by atoms with Crippen molar-refractivity contribution in [2.75, 3.05) is 13.7 Å². The lowest BCUT2D eigenvalue weighted by Gasteiger charge is -2.12. The summed E-state index contributed by atoms with van der Waals surface area (Å²) in [6.07, 6.45) is 0.660. The van der Waals surface area contributed by atoms with Gasteiger partial charge in [0.1, 0.15) is 11.6 Å². The van der Waals surface area contributed by atoms with Crippen LogP contribution >= 0.6 is 0 Å². The Hall–Kier alpha value is -1.53. The maximum atomic E-state index is 13.7. The molecular weight excluding hydrogens is 217 g/mol. The number of rotatable bonds is 5. The van der Waals surface area contributed by atoms with E-state index in [-0.39, 0.29) is 11.9 Å². The van der Waals surface area contributed by atoms with Gasteiger partial charge in [-0.3, -0.25) is 0 Å². The molecule has 17 heavy (non-hydrogen) atoms. The van der Waals surface area contributed by atoms with Crippen molar-refractivity contribution in [3.8, 4) is 17.6 Å². The van der Waals surface area contributed by atoms with Crippen LogP contribution in [0.15, 0.2) is 18.2 Å². The van der Waals surface area contributed by atoms with Crippen LogP contribution in [0.3, 0.4) is 0 Å². The molecule has 1 aromatic rings. The smallest absolute Gasteiger partial charge is 0.131 e. The molecule has 3 heteroatoms. The van der Waals surface area contributed by atoms with Gasteiger partial charge in [0.15, 0.2) is 0 Å². The lowest BCUT2D eigenvalue weighted by Crippen LogP contribution is -2.13. The van der Waals surface area contributed by atoms with Crippen molar-refractivity contribution in [2.45, 2.75) is 26.3 Å². The minimum atomic E-state index is -0.245. The summed E-state index contributed by atoms with van der Waals surface area (Å²) in [7, 11) is 1.80. The van der Waals surface area contributed by atoms with Gasteiger partial charge in [0, 0.05) is 24.1 Å². The van der Waals surface area contributed by atoms with E-state index in [1.165, 1.54) is 6.07 Å². The Bertz CT molecular complexity index is 420. The topological polar surface area (TPSA) is 21.3 Å². The van der Waals surface area contributed by atoms with Crippen LogP contribution in [0.2, 0.25) is 0 Å². The molecule has 0 aliphatic heterocycles. The molecule has 0 amide bonds. The lowest BCUT2D eigenvalue weighted by atomic mass is 10.1. The lowest BCUT2D eigenvalue weighted by molar-refractivity contribution is 0.325. The van der Waals surface area contributed by atoms with Gasteiger partial charge in [-0.1, -0.05) is 6.07 Å². The summed E-state index contributed by atoms with van der Waals surface area (Å²) in [5.74, 6) is 5.98. The average Bonchev–Trinajstić information content (AvgIpc) is 2.34. The van der Waals surface area contributed by atoms with Crippen molar-refractivity contribution in [2.24, 2.45) is 0 Å². The first-order chi connectivity index (χ1) is 8.19. The second-order valence-electron chi connectivity index (χ2n) is 3.72. The molecule has 0 spiro atoms. The molecule has 0 radical (unpaired) electrons. The highest BCUT2D eigenvalue weighted by Crippen LogP contribution is 2.21. The molecule has 0 aromatic heterocycles. The summed E-state index contributed by atoms with van der Waals surface area (Å²) in [5.41, 5.74) is 0.646. The van der Waals surface area contributed by atoms with E-state index < -0.39 is 0 Å². The number of halogens is 1. The Labute approximate surface area is 102 Å².